The van der Waals surface area contributed by atoms with Crippen LogP contribution >= 0.6 is 34.8 Å². The number of rotatable bonds is 3. The van der Waals surface area contributed by atoms with Crippen LogP contribution in [0.4, 0.5) is 10.1 Å². The van der Waals surface area contributed by atoms with Gasteiger partial charge in [-0.25, -0.2) is 12.8 Å². The van der Waals surface area contributed by atoms with Gasteiger partial charge in [-0.15, -0.1) is 0 Å². The molecule has 0 aliphatic heterocycles. The minimum atomic E-state index is -4.02. The fourth-order valence-corrected chi connectivity index (χ4v) is 3.43. The van der Waals surface area contributed by atoms with Crippen LogP contribution in [0, 0.1) is 5.82 Å². The Bertz CT molecular complexity index is 745. The lowest BCUT2D eigenvalue weighted by Gasteiger charge is -2.10. The first-order valence-electron chi connectivity index (χ1n) is 5.22. The number of sulfonamides is 1. The Labute approximate surface area is 130 Å². The molecule has 0 saturated carbocycles. The molecule has 0 atom stereocenters. The number of anilines is 1. The summed E-state index contributed by atoms with van der Waals surface area (Å²) in [4.78, 5) is -0.172. The van der Waals surface area contributed by atoms with Gasteiger partial charge in [0.2, 0.25) is 0 Å². The fourth-order valence-electron chi connectivity index (χ4n) is 1.47. The monoisotopic (exact) mass is 353 g/mol. The molecular weight excluding hydrogens is 348 g/mol. The van der Waals surface area contributed by atoms with Gasteiger partial charge in [0.05, 0.1) is 15.6 Å². The molecular formula is C12H7Cl3FNO2S. The molecule has 0 fully saturated rings. The second-order valence-corrected chi connectivity index (χ2v) is 6.77. The SMILES string of the molecule is O=S(=O)(Nc1cccc(Cl)c1F)c1cc(Cl)cc(Cl)c1. The van der Waals surface area contributed by atoms with Crippen molar-refractivity contribution in [1.29, 1.82) is 0 Å². The Balaban J connectivity index is 2.43. The van der Waals surface area contributed by atoms with Gasteiger partial charge in [0.1, 0.15) is 0 Å². The van der Waals surface area contributed by atoms with Gasteiger partial charge >= 0.3 is 0 Å². The van der Waals surface area contributed by atoms with E-state index in [-0.39, 0.29) is 25.7 Å². The molecule has 0 heterocycles. The maximum Gasteiger partial charge on any atom is 0.262 e. The highest BCUT2D eigenvalue weighted by molar-refractivity contribution is 7.92. The van der Waals surface area contributed by atoms with Crippen molar-refractivity contribution in [3.05, 3.63) is 57.3 Å². The van der Waals surface area contributed by atoms with E-state index in [1.165, 1.54) is 36.4 Å². The van der Waals surface area contributed by atoms with Crippen molar-refractivity contribution in [3.8, 4) is 0 Å². The van der Waals surface area contributed by atoms with Crippen molar-refractivity contribution in [2.75, 3.05) is 4.72 Å². The van der Waals surface area contributed by atoms with Crippen molar-refractivity contribution in [2.45, 2.75) is 4.90 Å². The van der Waals surface area contributed by atoms with Crippen LogP contribution in [0.3, 0.4) is 0 Å². The van der Waals surface area contributed by atoms with Gasteiger partial charge in [-0.3, -0.25) is 4.72 Å². The van der Waals surface area contributed by atoms with E-state index >= 15 is 0 Å². The van der Waals surface area contributed by atoms with E-state index in [0.29, 0.717) is 0 Å². The molecule has 0 aromatic heterocycles. The summed E-state index contributed by atoms with van der Waals surface area (Å²) < 4.78 is 40.1. The van der Waals surface area contributed by atoms with Gasteiger partial charge in [-0.1, -0.05) is 40.9 Å². The summed E-state index contributed by atoms with van der Waals surface area (Å²) in [7, 11) is -4.02. The molecule has 1 N–H and O–H groups in total. The van der Waals surface area contributed by atoms with Crippen molar-refractivity contribution in [3.63, 3.8) is 0 Å². The number of hydrogen-bond donors (Lipinski definition) is 1. The lowest BCUT2D eigenvalue weighted by molar-refractivity contribution is 0.598. The number of benzene rings is 2. The van der Waals surface area contributed by atoms with E-state index in [0.717, 1.165) is 0 Å². The molecule has 20 heavy (non-hydrogen) atoms. The van der Waals surface area contributed by atoms with E-state index in [1.807, 2.05) is 0 Å². The summed E-state index contributed by atoms with van der Waals surface area (Å²) in [6.07, 6.45) is 0. The van der Waals surface area contributed by atoms with Crippen LogP contribution in [0.1, 0.15) is 0 Å². The van der Waals surface area contributed by atoms with E-state index in [9.17, 15) is 12.8 Å². The first-order chi connectivity index (χ1) is 9.29. The van der Waals surface area contributed by atoms with Crippen LogP contribution in [-0.4, -0.2) is 8.42 Å². The van der Waals surface area contributed by atoms with Crippen molar-refractivity contribution < 1.29 is 12.8 Å². The van der Waals surface area contributed by atoms with Crippen molar-refractivity contribution >= 4 is 50.5 Å². The molecule has 106 valence electrons. The molecule has 0 aliphatic rings. The van der Waals surface area contributed by atoms with Gasteiger partial charge < -0.3 is 0 Å². The Morgan fingerprint density at radius 2 is 1.60 bits per heavy atom. The third kappa shape index (κ3) is 3.35. The third-order valence-corrected chi connectivity index (χ3v) is 4.42. The van der Waals surface area contributed by atoms with Crippen LogP contribution in [0.25, 0.3) is 0 Å². The largest absolute Gasteiger partial charge is 0.277 e. The van der Waals surface area contributed by atoms with Crippen LogP contribution < -0.4 is 4.72 Å². The van der Waals surface area contributed by atoms with E-state index in [2.05, 4.69) is 4.72 Å². The third-order valence-electron chi connectivity index (χ3n) is 2.34. The normalized spacial score (nSPS) is 11.4. The fraction of sp³-hybridized carbons (Fsp3) is 0. The molecule has 0 radical (unpaired) electrons. The van der Waals surface area contributed by atoms with Gasteiger partial charge in [0.25, 0.3) is 10.0 Å². The first kappa shape index (κ1) is 15.4. The summed E-state index contributed by atoms with van der Waals surface area (Å²) in [6, 6.07) is 7.79. The summed E-state index contributed by atoms with van der Waals surface area (Å²) in [6.45, 7) is 0. The van der Waals surface area contributed by atoms with Gasteiger partial charge in [-0.2, -0.15) is 0 Å². The number of halogens is 4. The molecule has 8 heteroatoms. The predicted molar refractivity (Wildman–Crippen MR) is 78.7 cm³/mol. The topological polar surface area (TPSA) is 46.2 Å². The quantitative estimate of drug-likeness (QED) is 0.876. The molecule has 2 rings (SSSR count). The highest BCUT2D eigenvalue weighted by Crippen LogP contribution is 2.27. The van der Waals surface area contributed by atoms with Crippen molar-refractivity contribution in [2.24, 2.45) is 0 Å². The van der Waals surface area contributed by atoms with Crippen LogP contribution in [0.15, 0.2) is 41.3 Å². The summed E-state index contributed by atoms with van der Waals surface area (Å²) in [5.74, 6) is -0.856. The Hall–Kier alpha value is -1.01. The average Bonchev–Trinajstić information content (AvgIpc) is 2.33. The molecule has 0 aliphatic carbocycles. The van der Waals surface area contributed by atoms with Crippen molar-refractivity contribution in [1.82, 2.24) is 0 Å². The summed E-state index contributed by atoms with van der Waals surface area (Å²) in [5, 5.41) is 0.128. The zero-order valence-electron chi connectivity index (χ0n) is 9.70. The van der Waals surface area contributed by atoms with Gasteiger partial charge in [0, 0.05) is 10.0 Å². The Morgan fingerprint density at radius 1 is 1.00 bits per heavy atom. The van der Waals surface area contributed by atoms with Gasteiger partial charge in [0.15, 0.2) is 5.82 Å². The average molecular weight is 355 g/mol. The first-order valence-corrected chi connectivity index (χ1v) is 7.84. The molecule has 2 aromatic rings. The molecule has 0 amide bonds. The molecule has 2 aromatic carbocycles. The summed E-state index contributed by atoms with van der Waals surface area (Å²) in [5.41, 5.74) is -0.256. The lowest BCUT2D eigenvalue weighted by atomic mass is 10.3. The van der Waals surface area contributed by atoms with E-state index in [1.54, 1.807) is 0 Å². The highest BCUT2D eigenvalue weighted by Gasteiger charge is 2.18. The molecule has 0 spiro atoms. The Morgan fingerprint density at radius 3 is 2.20 bits per heavy atom. The molecule has 0 unspecified atom stereocenters. The zero-order chi connectivity index (χ0) is 14.9. The minimum absolute atomic E-state index is 0.157. The smallest absolute Gasteiger partial charge is 0.262 e. The second-order valence-electron chi connectivity index (χ2n) is 3.81. The minimum Gasteiger partial charge on any atom is -0.277 e. The highest BCUT2D eigenvalue weighted by atomic mass is 35.5. The molecule has 0 saturated heterocycles. The number of hydrogen-bond acceptors (Lipinski definition) is 2. The van der Waals surface area contributed by atoms with E-state index < -0.39 is 15.8 Å². The molecule has 3 nitrogen and oxygen atoms in total. The van der Waals surface area contributed by atoms with E-state index in [4.69, 9.17) is 34.8 Å². The standard InChI is InChI=1S/C12H7Cl3FNO2S/c13-7-4-8(14)6-9(5-7)20(18,19)17-11-3-1-2-10(15)12(11)16/h1-6,17H. The Kier molecular flexibility index (Phi) is 4.44. The lowest BCUT2D eigenvalue weighted by Crippen LogP contribution is -2.14. The van der Waals surface area contributed by atoms with Gasteiger partial charge in [-0.05, 0) is 30.3 Å². The second kappa shape index (κ2) is 5.77. The van der Waals surface area contributed by atoms with Crippen LogP contribution in [0.5, 0.6) is 0 Å². The predicted octanol–water partition coefficient (Wildman–Crippen LogP) is 4.59. The van der Waals surface area contributed by atoms with Crippen LogP contribution in [0.2, 0.25) is 15.1 Å². The van der Waals surface area contributed by atoms with Crippen LogP contribution in [-0.2, 0) is 10.0 Å². The summed E-state index contributed by atoms with van der Waals surface area (Å²) >= 11 is 17.1. The number of nitrogens with one attached hydrogen (secondary N) is 1. The maximum absolute atomic E-state index is 13.7. The molecule has 0 bridgehead atoms. The maximum atomic E-state index is 13.7. The zero-order valence-corrected chi connectivity index (χ0v) is 12.8.